The van der Waals surface area contributed by atoms with E-state index in [2.05, 4.69) is 30.9 Å². The summed E-state index contributed by atoms with van der Waals surface area (Å²) < 4.78 is 6.14. The van der Waals surface area contributed by atoms with Crippen LogP contribution < -0.4 is 4.90 Å². The number of carbonyl (C=O) groups is 3. The van der Waals surface area contributed by atoms with Crippen molar-refractivity contribution in [3.8, 4) is 11.8 Å². The average molecular weight is 500 g/mol. The zero-order chi connectivity index (χ0) is 26.5. The number of benzene rings is 1. The number of rotatable bonds is 3. The number of ether oxygens (including phenoxy) is 1. The normalized spacial score (nSPS) is 32.3. The van der Waals surface area contributed by atoms with E-state index in [1.54, 1.807) is 18.9 Å². The first-order chi connectivity index (χ1) is 17.6. The second kappa shape index (κ2) is 9.31. The maximum Gasteiger partial charge on any atom is 0.304 e. The van der Waals surface area contributed by atoms with Crippen LogP contribution in [-0.2, 0) is 19.1 Å². The van der Waals surface area contributed by atoms with E-state index >= 15 is 0 Å². The van der Waals surface area contributed by atoms with Crippen molar-refractivity contribution >= 4 is 23.3 Å². The SMILES string of the molecule is CC#CC1(OC(C)=O)CCC2C3CCC4=CC(=O)CCC4=C3C(c3ccc(N(C)C(C)=O)cc3)CC21C. The van der Waals surface area contributed by atoms with Crippen molar-refractivity contribution in [1.29, 1.82) is 0 Å². The highest BCUT2D eigenvalue weighted by molar-refractivity contribution is 5.93. The summed E-state index contributed by atoms with van der Waals surface area (Å²) in [6, 6.07) is 8.34. The van der Waals surface area contributed by atoms with Crippen LogP contribution in [0.4, 0.5) is 5.69 Å². The lowest BCUT2D eigenvalue weighted by molar-refractivity contribution is -0.164. The van der Waals surface area contributed by atoms with E-state index in [9.17, 15) is 14.4 Å². The van der Waals surface area contributed by atoms with Gasteiger partial charge < -0.3 is 9.64 Å². The summed E-state index contributed by atoms with van der Waals surface area (Å²) in [7, 11) is 1.79. The lowest BCUT2D eigenvalue weighted by atomic mass is 9.51. The van der Waals surface area contributed by atoms with Crippen LogP contribution in [0.15, 0.2) is 47.1 Å². The van der Waals surface area contributed by atoms with Crippen molar-refractivity contribution in [2.24, 2.45) is 17.3 Å². The Kier molecular flexibility index (Phi) is 6.42. The van der Waals surface area contributed by atoms with Crippen molar-refractivity contribution in [3.63, 3.8) is 0 Å². The van der Waals surface area contributed by atoms with E-state index in [0.717, 1.165) is 44.2 Å². The molecule has 5 unspecified atom stereocenters. The standard InChI is InChI=1S/C32H37NO4/c1-6-16-32(37-21(3)35)17-15-29-27-13-9-23-18-25(36)12-14-26(23)30(27)28(19-31(29,32)4)22-7-10-24(11-8-22)33(5)20(2)34/h7-8,10-11,18,27-29H,9,12-15,17,19H2,1-5H3. The van der Waals surface area contributed by atoms with Gasteiger partial charge in [-0.1, -0.05) is 30.6 Å². The van der Waals surface area contributed by atoms with E-state index in [-0.39, 0.29) is 29.0 Å². The number of anilines is 1. The van der Waals surface area contributed by atoms with Crippen LogP contribution in [0.1, 0.15) is 84.1 Å². The first-order valence-corrected chi connectivity index (χ1v) is 13.5. The largest absolute Gasteiger partial charge is 0.445 e. The molecular weight excluding hydrogens is 462 g/mol. The molecule has 0 spiro atoms. The second-order valence-electron chi connectivity index (χ2n) is 11.5. The van der Waals surface area contributed by atoms with Crippen LogP contribution in [0.3, 0.4) is 0 Å². The van der Waals surface area contributed by atoms with Crippen molar-refractivity contribution in [2.75, 3.05) is 11.9 Å². The molecule has 5 nitrogen and oxygen atoms in total. The summed E-state index contributed by atoms with van der Waals surface area (Å²) in [6.07, 6.45) is 7.77. The van der Waals surface area contributed by atoms with E-state index in [1.807, 2.05) is 25.1 Å². The quantitative estimate of drug-likeness (QED) is 0.384. The van der Waals surface area contributed by atoms with Gasteiger partial charge in [0.15, 0.2) is 11.4 Å². The number of hydrogen-bond donors (Lipinski definition) is 0. The predicted octanol–water partition coefficient (Wildman–Crippen LogP) is 5.89. The first-order valence-electron chi connectivity index (χ1n) is 13.5. The number of ketones is 1. The number of fused-ring (bicyclic) bond motifs is 4. The van der Waals surface area contributed by atoms with Gasteiger partial charge in [0.1, 0.15) is 0 Å². The molecule has 2 saturated carbocycles. The molecule has 4 aliphatic rings. The molecule has 0 bridgehead atoms. The highest BCUT2D eigenvalue weighted by Crippen LogP contribution is 2.67. The molecule has 1 aromatic carbocycles. The molecule has 0 aliphatic heterocycles. The van der Waals surface area contributed by atoms with E-state index in [4.69, 9.17) is 4.74 Å². The zero-order valence-electron chi connectivity index (χ0n) is 22.6. The highest BCUT2D eigenvalue weighted by Gasteiger charge is 2.65. The Morgan fingerprint density at radius 1 is 1.08 bits per heavy atom. The van der Waals surface area contributed by atoms with Gasteiger partial charge in [-0.3, -0.25) is 14.4 Å². The molecule has 4 aliphatic carbocycles. The minimum atomic E-state index is -0.792. The van der Waals surface area contributed by atoms with Gasteiger partial charge in [-0.2, -0.15) is 0 Å². The summed E-state index contributed by atoms with van der Waals surface area (Å²) >= 11 is 0. The smallest absolute Gasteiger partial charge is 0.304 e. The fourth-order valence-electron chi connectivity index (χ4n) is 7.91. The summed E-state index contributed by atoms with van der Waals surface area (Å²) in [4.78, 5) is 38.2. The zero-order valence-corrected chi connectivity index (χ0v) is 22.6. The number of carbonyl (C=O) groups excluding carboxylic acids is 3. The third-order valence-corrected chi connectivity index (χ3v) is 9.65. The van der Waals surface area contributed by atoms with Gasteiger partial charge in [0.05, 0.1) is 0 Å². The molecule has 1 amide bonds. The Hall–Kier alpha value is -3.13. The van der Waals surface area contributed by atoms with E-state index in [1.165, 1.54) is 29.2 Å². The minimum absolute atomic E-state index is 0.00467. The number of amides is 1. The molecule has 0 heterocycles. The van der Waals surface area contributed by atoms with Crippen molar-refractivity contribution in [3.05, 3.63) is 52.6 Å². The minimum Gasteiger partial charge on any atom is -0.445 e. The lowest BCUT2D eigenvalue weighted by Gasteiger charge is -2.54. The molecule has 0 saturated heterocycles. The molecule has 194 valence electrons. The topological polar surface area (TPSA) is 63.7 Å². The van der Waals surface area contributed by atoms with Crippen LogP contribution in [0, 0.1) is 29.1 Å². The Morgan fingerprint density at radius 2 is 1.81 bits per heavy atom. The molecule has 0 radical (unpaired) electrons. The monoisotopic (exact) mass is 499 g/mol. The Balaban J connectivity index is 1.66. The van der Waals surface area contributed by atoms with Gasteiger partial charge in [0.25, 0.3) is 0 Å². The first kappa shape index (κ1) is 25.5. The fraction of sp³-hybridized carbons (Fsp3) is 0.531. The van der Waals surface area contributed by atoms with Gasteiger partial charge in [0.2, 0.25) is 5.91 Å². The molecule has 37 heavy (non-hydrogen) atoms. The third-order valence-electron chi connectivity index (χ3n) is 9.65. The van der Waals surface area contributed by atoms with Crippen molar-refractivity contribution < 1.29 is 19.1 Å². The van der Waals surface area contributed by atoms with Gasteiger partial charge >= 0.3 is 5.97 Å². The van der Waals surface area contributed by atoms with Gasteiger partial charge in [0, 0.05) is 44.3 Å². The van der Waals surface area contributed by atoms with Gasteiger partial charge in [-0.15, -0.1) is 5.92 Å². The van der Waals surface area contributed by atoms with Crippen molar-refractivity contribution in [2.45, 2.75) is 84.2 Å². The van der Waals surface area contributed by atoms with Crippen LogP contribution in [-0.4, -0.2) is 30.3 Å². The summed E-state index contributed by atoms with van der Waals surface area (Å²) in [5.74, 6) is 7.32. The molecule has 1 aromatic rings. The maximum atomic E-state index is 12.3. The van der Waals surface area contributed by atoms with Crippen molar-refractivity contribution in [1.82, 2.24) is 0 Å². The van der Waals surface area contributed by atoms with Crippen LogP contribution in [0.2, 0.25) is 0 Å². The molecule has 0 aromatic heterocycles. The maximum absolute atomic E-state index is 12.3. The number of esters is 1. The van der Waals surface area contributed by atoms with Gasteiger partial charge in [-0.05, 0) is 92.2 Å². The number of hydrogen-bond acceptors (Lipinski definition) is 4. The third kappa shape index (κ3) is 4.06. The highest BCUT2D eigenvalue weighted by atomic mass is 16.6. The average Bonchev–Trinajstić information content (AvgIpc) is 3.13. The Labute approximate surface area is 220 Å². The Bertz CT molecular complexity index is 1280. The summed E-state index contributed by atoms with van der Waals surface area (Å²) in [5, 5.41) is 0. The lowest BCUT2D eigenvalue weighted by Crippen LogP contribution is -2.53. The molecule has 0 N–H and O–H groups in total. The molecule has 5 atom stereocenters. The molecule has 5 heteroatoms. The van der Waals surface area contributed by atoms with E-state index < -0.39 is 5.60 Å². The molecule has 5 rings (SSSR count). The van der Waals surface area contributed by atoms with Gasteiger partial charge in [-0.25, -0.2) is 0 Å². The fourth-order valence-corrected chi connectivity index (χ4v) is 7.91. The number of allylic oxidation sites excluding steroid dienone is 4. The summed E-state index contributed by atoms with van der Waals surface area (Å²) in [6.45, 7) is 7.18. The van der Waals surface area contributed by atoms with E-state index in [0.29, 0.717) is 18.3 Å². The molecular formula is C32H37NO4. The predicted molar refractivity (Wildman–Crippen MR) is 144 cm³/mol. The van der Waals surface area contributed by atoms with Crippen LogP contribution >= 0.6 is 0 Å². The Morgan fingerprint density at radius 3 is 2.46 bits per heavy atom. The summed E-state index contributed by atoms with van der Waals surface area (Å²) in [5.41, 5.74) is 5.09. The van der Waals surface area contributed by atoms with Crippen LogP contribution in [0.5, 0.6) is 0 Å². The van der Waals surface area contributed by atoms with Crippen LogP contribution in [0.25, 0.3) is 0 Å². The second-order valence-corrected chi connectivity index (χ2v) is 11.5. The molecule has 2 fully saturated rings. The number of nitrogens with zero attached hydrogens (tertiary/aromatic N) is 1.